The summed E-state index contributed by atoms with van der Waals surface area (Å²) < 4.78 is 23.9. The zero-order valence-electron chi connectivity index (χ0n) is 12.9. The maximum atomic E-state index is 13.2. The monoisotopic (exact) mass is 339 g/mol. The van der Waals surface area contributed by atoms with Gasteiger partial charge in [-0.3, -0.25) is 4.79 Å². The summed E-state index contributed by atoms with van der Waals surface area (Å²) in [5.74, 6) is -1.24. The van der Waals surface area contributed by atoms with Gasteiger partial charge in [0.15, 0.2) is 0 Å². The lowest BCUT2D eigenvalue weighted by Gasteiger charge is -2.16. The molecule has 0 fully saturated rings. The summed E-state index contributed by atoms with van der Waals surface area (Å²) in [7, 11) is 1.52. The Balaban J connectivity index is 2.13. The number of amides is 1. The van der Waals surface area contributed by atoms with Crippen LogP contribution in [0.3, 0.4) is 0 Å². The number of methoxy groups -OCH3 is 1. The van der Waals surface area contributed by atoms with Gasteiger partial charge in [-0.2, -0.15) is 0 Å². The summed E-state index contributed by atoms with van der Waals surface area (Å²) >= 11 is 1.24. The number of rotatable bonds is 7. The van der Waals surface area contributed by atoms with Crippen LogP contribution in [0.2, 0.25) is 0 Å². The van der Waals surface area contributed by atoms with Crippen molar-refractivity contribution in [2.24, 2.45) is 0 Å². The third-order valence-electron chi connectivity index (χ3n) is 3.19. The van der Waals surface area contributed by atoms with Crippen molar-refractivity contribution in [1.82, 2.24) is 5.32 Å². The summed E-state index contributed by atoms with van der Waals surface area (Å²) in [4.78, 5) is 24.6. The molecular weight excluding hydrogens is 321 g/mol. The molecule has 1 atom stereocenters. The highest BCUT2D eigenvalue weighted by Gasteiger charge is 2.23. The number of carbonyl (C=O) groups excluding carboxylic acids is 2. The third kappa shape index (κ3) is 4.49. The van der Waals surface area contributed by atoms with E-state index in [4.69, 9.17) is 9.47 Å². The normalized spacial score (nSPS) is 12.1. The number of hydrogen-bond acceptors (Lipinski definition) is 5. The van der Waals surface area contributed by atoms with Gasteiger partial charge in [0.2, 0.25) is 0 Å². The van der Waals surface area contributed by atoms with E-state index in [9.17, 15) is 14.0 Å². The summed E-state index contributed by atoms with van der Waals surface area (Å²) in [5.41, 5.74) is 0. The van der Waals surface area contributed by atoms with Crippen LogP contribution in [0.15, 0.2) is 24.3 Å². The summed E-state index contributed by atoms with van der Waals surface area (Å²) in [6.45, 7) is 2.26. The molecule has 1 aromatic heterocycles. The quantitative estimate of drug-likeness (QED) is 0.788. The zero-order chi connectivity index (χ0) is 16.8. The average molecular weight is 339 g/mol. The molecule has 1 N–H and O–H groups in total. The average Bonchev–Trinajstić information content (AvgIpc) is 2.94. The maximum Gasteiger partial charge on any atom is 0.328 e. The van der Waals surface area contributed by atoms with E-state index in [1.807, 2.05) is 0 Å². The van der Waals surface area contributed by atoms with Crippen molar-refractivity contribution in [3.63, 3.8) is 0 Å². The molecule has 0 unspecified atom stereocenters. The first-order chi connectivity index (χ1) is 11.0. The molecule has 0 spiro atoms. The Morgan fingerprint density at radius 1 is 1.35 bits per heavy atom. The molecule has 0 bridgehead atoms. The SMILES string of the molecule is CCOC(=O)[C@H](CCOC)NC(=O)c1cc2cc(F)ccc2s1. The topological polar surface area (TPSA) is 64.6 Å². The number of halogens is 1. The Hall–Kier alpha value is -1.99. The lowest BCUT2D eigenvalue weighted by atomic mass is 10.2. The van der Waals surface area contributed by atoms with Crippen LogP contribution in [0.1, 0.15) is 23.0 Å². The molecule has 2 aromatic rings. The highest BCUT2D eigenvalue weighted by atomic mass is 32.1. The lowest BCUT2D eigenvalue weighted by molar-refractivity contribution is -0.145. The van der Waals surface area contributed by atoms with Crippen LogP contribution in [0.5, 0.6) is 0 Å². The fourth-order valence-electron chi connectivity index (χ4n) is 2.08. The van der Waals surface area contributed by atoms with Crippen LogP contribution >= 0.6 is 11.3 Å². The van der Waals surface area contributed by atoms with Crippen molar-refractivity contribution in [1.29, 1.82) is 0 Å². The second-order valence-corrected chi connectivity index (χ2v) is 5.94. The van der Waals surface area contributed by atoms with E-state index < -0.39 is 12.0 Å². The van der Waals surface area contributed by atoms with Gasteiger partial charge in [0.1, 0.15) is 11.9 Å². The van der Waals surface area contributed by atoms with E-state index in [-0.39, 0.29) is 18.3 Å². The predicted octanol–water partition coefficient (Wildman–Crippen LogP) is 2.74. The molecule has 124 valence electrons. The third-order valence-corrected chi connectivity index (χ3v) is 4.30. The molecule has 2 rings (SSSR count). The minimum Gasteiger partial charge on any atom is -0.464 e. The Bertz CT molecular complexity index is 700. The molecule has 0 aliphatic rings. The van der Waals surface area contributed by atoms with Crippen molar-refractivity contribution in [3.05, 3.63) is 35.0 Å². The number of nitrogens with one attached hydrogen (secondary N) is 1. The lowest BCUT2D eigenvalue weighted by Crippen LogP contribution is -2.42. The molecule has 7 heteroatoms. The van der Waals surface area contributed by atoms with Gasteiger partial charge in [0, 0.05) is 24.8 Å². The first-order valence-electron chi connectivity index (χ1n) is 7.20. The fraction of sp³-hybridized carbons (Fsp3) is 0.375. The Kier molecular flexibility index (Phi) is 6.06. The van der Waals surface area contributed by atoms with Crippen LogP contribution in [-0.2, 0) is 14.3 Å². The Labute approximate surface area is 137 Å². The van der Waals surface area contributed by atoms with Gasteiger partial charge in [-0.15, -0.1) is 11.3 Å². The van der Waals surface area contributed by atoms with Gasteiger partial charge < -0.3 is 14.8 Å². The van der Waals surface area contributed by atoms with Gasteiger partial charge in [-0.05, 0) is 36.6 Å². The minimum absolute atomic E-state index is 0.236. The van der Waals surface area contributed by atoms with Crippen molar-refractivity contribution in [2.45, 2.75) is 19.4 Å². The van der Waals surface area contributed by atoms with Crippen molar-refractivity contribution >= 4 is 33.3 Å². The predicted molar refractivity (Wildman–Crippen MR) is 86.2 cm³/mol. The van der Waals surface area contributed by atoms with Crippen LogP contribution in [0.4, 0.5) is 4.39 Å². The molecule has 0 radical (unpaired) electrons. The van der Waals surface area contributed by atoms with Crippen molar-refractivity contribution in [3.8, 4) is 0 Å². The molecular formula is C16H18FNO4S. The van der Waals surface area contributed by atoms with Crippen LogP contribution in [0.25, 0.3) is 10.1 Å². The zero-order valence-corrected chi connectivity index (χ0v) is 13.7. The van der Waals surface area contributed by atoms with Gasteiger partial charge in [-0.1, -0.05) is 0 Å². The second kappa shape index (κ2) is 8.03. The van der Waals surface area contributed by atoms with Crippen LogP contribution < -0.4 is 5.32 Å². The van der Waals surface area contributed by atoms with Gasteiger partial charge in [-0.25, -0.2) is 9.18 Å². The molecule has 0 saturated carbocycles. The van der Waals surface area contributed by atoms with Crippen LogP contribution in [0, 0.1) is 5.82 Å². The maximum absolute atomic E-state index is 13.2. The molecule has 1 heterocycles. The van der Waals surface area contributed by atoms with E-state index >= 15 is 0 Å². The number of thiophene rings is 1. The van der Waals surface area contributed by atoms with Crippen molar-refractivity contribution in [2.75, 3.05) is 20.3 Å². The molecule has 0 aliphatic carbocycles. The molecule has 1 aromatic carbocycles. The van der Waals surface area contributed by atoms with Gasteiger partial charge in [0.25, 0.3) is 5.91 Å². The fourth-order valence-corrected chi connectivity index (χ4v) is 3.03. The van der Waals surface area contributed by atoms with E-state index in [0.717, 1.165) is 4.70 Å². The van der Waals surface area contributed by atoms with Gasteiger partial charge >= 0.3 is 5.97 Å². The Morgan fingerprint density at radius 2 is 2.13 bits per heavy atom. The smallest absolute Gasteiger partial charge is 0.328 e. The first kappa shape index (κ1) is 17.4. The minimum atomic E-state index is -0.774. The number of esters is 1. The molecule has 1 amide bonds. The molecule has 0 saturated heterocycles. The van der Waals surface area contributed by atoms with Gasteiger partial charge in [0.05, 0.1) is 11.5 Å². The van der Waals surface area contributed by atoms with Crippen LogP contribution in [-0.4, -0.2) is 38.2 Å². The van der Waals surface area contributed by atoms with E-state index in [1.165, 1.54) is 30.6 Å². The number of hydrogen-bond donors (Lipinski definition) is 1. The highest BCUT2D eigenvalue weighted by Crippen LogP contribution is 2.26. The number of carbonyl (C=O) groups is 2. The second-order valence-electron chi connectivity index (χ2n) is 4.85. The molecule has 0 aliphatic heterocycles. The molecule has 23 heavy (non-hydrogen) atoms. The van der Waals surface area contributed by atoms with E-state index in [2.05, 4.69) is 5.32 Å². The van der Waals surface area contributed by atoms with Crippen molar-refractivity contribution < 1.29 is 23.5 Å². The summed E-state index contributed by atoms with van der Waals surface area (Å²) in [6.07, 6.45) is 0.320. The van der Waals surface area contributed by atoms with E-state index in [1.54, 1.807) is 19.1 Å². The highest BCUT2D eigenvalue weighted by molar-refractivity contribution is 7.20. The Morgan fingerprint density at radius 3 is 2.83 bits per heavy atom. The first-order valence-corrected chi connectivity index (χ1v) is 8.02. The summed E-state index contributed by atoms with van der Waals surface area (Å²) in [6, 6.07) is 5.18. The summed E-state index contributed by atoms with van der Waals surface area (Å²) in [5, 5.41) is 3.31. The number of fused-ring (bicyclic) bond motifs is 1. The number of ether oxygens (including phenoxy) is 2. The standard InChI is InChI=1S/C16H18FNO4S/c1-3-22-16(20)12(6-7-21-2)18-15(19)14-9-10-8-11(17)4-5-13(10)23-14/h4-5,8-9,12H,3,6-7H2,1-2H3,(H,18,19)/t12-/m0/s1. The largest absolute Gasteiger partial charge is 0.464 e. The molecule has 5 nitrogen and oxygen atoms in total. The van der Waals surface area contributed by atoms with E-state index in [0.29, 0.717) is 23.3 Å². The number of benzene rings is 1.